The Bertz CT molecular complexity index is 954. The van der Waals surface area contributed by atoms with Crippen LogP contribution in [-0.2, 0) is 0 Å². The van der Waals surface area contributed by atoms with E-state index in [-0.39, 0.29) is 11.9 Å². The molecular formula is C20H21N5O2. The minimum Gasteiger partial charge on any atom is -0.391 e. The molecule has 4 N–H and O–H groups in total. The van der Waals surface area contributed by atoms with Gasteiger partial charge in [-0.1, -0.05) is 30.3 Å². The molecule has 4 rings (SSSR count). The molecule has 1 fully saturated rings. The largest absolute Gasteiger partial charge is 0.391 e. The van der Waals surface area contributed by atoms with Crippen LogP contribution in [0.5, 0.6) is 0 Å². The predicted molar refractivity (Wildman–Crippen MR) is 103 cm³/mol. The number of hydrogen-bond acceptors (Lipinski definition) is 5. The summed E-state index contributed by atoms with van der Waals surface area (Å²) in [4.78, 5) is 26.0. The van der Waals surface area contributed by atoms with Crippen molar-refractivity contribution in [2.45, 2.75) is 18.9 Å². The molecule has 1 unspecified atom stereocenters. The van der Waals surface area contributed by atoms with Crippen molar-refractivity contribution in [2.24, 2.45) is 0 Å². The molecule has 1 aliphatic heterocycles. The fourth-order valence-corrected chi connectivity index (χ4v) is 3.41. The molecule has 2 aromatic heterocycles. The second-order valence-electron chi connectivity index (χ2n) is 6.71. The Kier molecular flexibility index (Phi) is 4.60. The summed E-state index contributed by atoms with van der Waals surface area (Å²) in [5.74, 6) is 0.0567. The van der Waals surface area contributed by atoms with E-state index in [9.17, 15) is 9.90 Å². The number of benzene rings is 1. The number of aliphatic hydroxyl groups is 1. The summed E-state index contributed by atoms with van der Waals surface area (Å²) in [6, 6.07) is 11.6. The summed E-state index contributed by atoms with van der Waals surface area (Å²) in [6.45, 7) is 1.02. The number of β-amino-alcohol motifs (C(OH)–C–C–N with tert-alkyl or cyclic N) is 1. The van der Waals surface area contributed by atoms with E-state index in [0.29, 0.717) is 24.5 Å². The van der Waals surface area contributed by atoms with Crippen LogP contribution in [-0.4, -0.2) is 50.1 Å². The highest BCUT2D eigenvalue weighted by molar-refractivity contribution is 5.94. The molecule has 1 amide bonds. The van der Waals surface area contributed by atoms with Crippen LogP contribution < -0.4 is 5.73 Å². The van der Waals surface area contributed by atoms with Crippen LogP contribution in [0.25, 0.3) is 22.4 Å². The number of likely N-dealkylation sites (tertiary alicyclic amines) is 1. The number of piperidine rings is 1. The summed E-state index contributed by atoms with van der Waals surface area (Å²) in [7, 11) is 0. The maximum absolute atomic E-state index is 12.7. The van der Waals surface area contributed by atoms with Crippen molar-refractivity contribution in [2.75, 3.05) is 18.8 Å². The number of rotatable bonds is 3. The van der Waals surface area contributed by atoms with Crippen LogP contribution in [0.15, 0.2) is 48.8 Å². The summed E-state index contributed by atoms with van der Waals surface area (Å²) in [6.07, 6.45) is 4.54. The molecule has 1 aromatic carbocycles. The molecule has 0 radical (unpaired) electrons. The number of nitrogens with zero attached hydrogens (tertiary/aromatic N) is 3. The standard InChI is InChI=1S/C20H21N5O2/c21-20-23-11-16(13-5-2-1-3-6-13)18(24-20)14-9-17(22-10-14)19(27)25-8-4-7-15(26)12-25/h1-3,5-6,9-11,15,22,26H,4,7-8,12H2,(H2,21,23,24). The molecule has 0 spiro atoms. The number of carbonyl (C=O) groups excluding carboxylic acids is 1. The zero-order valence-electron chi connectivity index (χ0n) is 14.8. The topological polar surface area (TPSA) is 108 Å². The number of aromatic nitrogens is 3. The highest BCUT2D eigenvalue weighted by atomic mass is 16.3. The normalized spacial score (nSPS) is 17.1. The van der Waals surface area contributed by atoms with Gasteiger partial charge in [0.2, 0.25) is 5.95 Å². The fraction of sp³-hybridized carbons (Fsp3) is 0.250. The molecule has 27 heavy (non-hydrogen) atoms. The molecule has 1 saturated heterocycles. The molecule has 0 saturated carbocycles. The zero-order valence-corrected chi connectivity index (χ0v) is 14.8. The Morgan fingerprint density at radius 2 is 2.07 bits per heavy atom. The lowest BCUT2D eigenvalue weighted by Crippen LogP contribution is -2.42. The Balaban J connectivity index is 1.67. The quantitative estimate of drug-likeness (QED) is 0.662. The van der Waals surface area contributed by atoms with Gasteiger partial charge in [0, 0.05) is 36.6 Å². The Labute approximate surface area is 156 Å². The van der Waals surface area contributed by atoms with Gasteiger partial charge in [0.25, 0.3) is 5.91 Å². The summed E-state index contributed by atoms with van der Waals surface area (Å²) < 4.78 is 0. The minimum atomic E-state index is -0.455. The van der Waals surface area contributed by atoms with E-state index >= 15 is 0 Å². The van der Waals surface area contributed by atoms with Crippen molar-refractivity contribution < 1.29 is 9.90 Å². The van der Waals surface area contributed by atoms with Crippen LogP contribution in [0.4, 0.5) is 5.95 Å². The van der Waals surface area contributed by atoms with E-state index in [1.165, 1.54) is 0 Å². The number of H-pyrrole nitrogens is 1. The number of carbonyl (C=O) groups is 1. The van der Waals surface area contributed by atoms with E-state index in [4.69, 9.17) is 5.73 Å². The Morgan fingerprint density at radius 3 is 2.85 bits per heavy atom. The van der Waals surface area contributed by atoms with Crippen molar-refractivity contribution >= 4 is 11.9 Å². The third-order valence-corrected chi connectivity index (χ3v) is 4.76. The Hall–Kier alpha value is -3.19. The van der Waals surface area contributed by atoms with E-state index in [2.05, 4.69) is 15.0 Å². The van der Waals surface area contributed by atoms with Crippen LogP contribution >= 0.6 is 0 Å². The van der Waals surface area contributed by atoms with Gasteiger partial charge in [-0.25, -0.2) is 9.97 Å². The average molecular weight is 363 g/mol. The molecule has 7 nitrogen and oxygen atoms in total. The summed E-state index contributed by atoms with van der Waals surface area (Å²) in [5.41, 5.74) is 9.53. The Morgan fingerprint density at radius 1 is 1.26 bits per heavy atom. The first-order valence-electron chi connectivity index (χ1n) is 8.96. The number of hydrogen-bond donors (Lipinski definition) is 3. The van der Waals surface area contributed by atoms with Crippen molar-refractivity contribution in [3.05, 3.63) is 54.5 Å². The molecular weight excluding hydrogens is 342 g/mol. The maximum atomic E-state index is 12.7. The number of nitrogen functional groups attached to an aromatic ring is 1. The van der Waals surface area contributed by atoms with E-state index in [1.54, 1.807) is 23.4 Å². The number of aliphatic hydroxyl groups excluding tert-OH is 1. The summed E-state index contributed by atoms with van der Waals surface area (Å²) in [5, 5.41) is 9.82. The van der Waals surface area contributed by atoms with Gasteiger partial charge in [-0.05, 0) is 24.5 Å². The number of anilines is 1. The third kappa shape index (κ3) is 3.54. The lowest BCUT2D eigenvalue weighted by Gasteiger charge is -2.29. The second-order valence-corrected chi connectivity index (χ2v) is 6.71. The van der Waals surface area contributed by atoms with Crippen LogP contribution in [0.1, 0.15) is 23.3 Å². The lowest BCUT2D eigenvalue weighted by molar-refractivity contribution is 0.0469. The van der Waals surface area contributed by atoms with Crippen molar-refractivity contribution in [1.82, 2.24) is 19.9 Å². The van der Waals surface area contributed by atoms with E-state index in [1.807, 2.05) is 30.3 Å². The van der Waals surface area contributed by atoms with Gasteiger partial charge in [-0.3, -0.25) is 4.79 Å². The first-order chi connectivity index (χ1) is 13.1. The minimum absolute atomic E-state index is 0.122. The fourth-order valence-electron chi connectivity index (χ4n) is 3.41. The average Bonchev–Trinajstić information content (AvgIpc) is 3.18. The van der Waals surface area contributed by atoms with E-state index in [0.717, 1.165) is 29.5 Å². The van der Waals surface area contributed by atoms with E-state index < -0.39 is 6.10 Å². The molecule has 1 atom stereocenters. The van der Waals surface area contributed by atoms with Crippen molar-refractivity contribution in [1.29, 1.82) is 0 Å². The van der Waals surface area contributed by atoms with Gasteiger partial charge in [0.1, 0.15) is 5.69 Å². The molecule has 3 aromatic rings. The lowest BCUT2D eigenvalue weighted by atomic mass is 10.0. The van der Waals surface area contributed by atoms with Gasteiger partial charge >= 0.3 is 0 Å². The SMILES string of the molecule is Nc1ncc(-c2ccccc2)c(-c2c[nH]c(C(=O)N3CCCC(O)C3)c2)n1. The highest BCUT2D eigenvalue weighted by Gasteiger charge is 2.24. The van der Waals surface area contributed by atoms with Gasteiger partial charge in [0.05, 0.1) is 11.8 Å². The molecule has 1 aliphatic rings. The zero-order chi connectivity index (χ0) is 18.8. The van der Waals surface area contributed by atoms with Gasteiger partial charge in [0.15, 0.2) is 0 Å². The molecule has 0 bridgehead atoms. The third-order valence-electron chi connectivity index (χ3n) is 4.76. The highest BCUT2D eigenvalue weighted by Crippen LogP contribution is 2.31. The smallest absolute Gasteiger partial charge is 0.270 e. The maximum Gasteiger partial charge on any atom is 0.270 e. The second kappa shape index (κ2) is 7.20. The first-order valence-corrected chi connectivity index (χ1v) is 8.96. The van der Waals surface area contributed by atoms with Gasteiger partial charge in [-0.15, -0.1) is 0 Å². The number of aromatic amines is 1. The van der Waals surface area contributed by atoms with Crippen molar-refractivity contribution in [3.63, 3.8) is 0 Å². The van der Waals surface area contributed by atoms with Crippen LogP contribution in [0, 0.1) is 0 Å². The first kappa shape index (κ1) is 17.2. The summed E-state index contributed by atoms with van der Waals surface area (Å²) >= 11 is 0. The monoisotopic (exact) mass is 363 g/mol. The number of nitrogens with one attached hydrogen (secondary N) is 1. The molecule has 138 valence electrons. The number of amides is 1. The van der Waals surface area contributed by atoms with Crippen LogP contribution in [0.3, 0.4) is 0 Å². The number of nitrogens with two attached hydrogens (primary N) is 1. The van der Waals surface area contributed by atoms with Gasteiger partial charge in [-0.2, -0.15) is 0 Å². The molecule has 3 heterocycles. The van der Waals surface area contributed by atoms with Crippen molar-refractivity contribution in [3.8, 4) is 22.4 Å². The molecule has 7 heteroatoms. The molecule has 0 aliphatic carbocycles. The predicted octanol–water partition coefficient (Wildman–Crippen LogP) is 2.32. The van der Waals surface area contributed by atoms with Gasteiger partial charge < -0.3 is 20.7 Å². The van der Waals surface area contributed by atoms with Crippen LogP contribution in [0.2, 0.25) is 0 Å².